The van der Waals surface area contributed by atoms with Crippen LogP contribution in [0.1, 0.15) is 13.8 Å². The second-order valence-corrected chi connectivity index (χ2v) is 4.48. The largest absolute Gasteiger partial charge is 0.394 e. The maximum atomic E-state index is 9.11. The van der Waals surface area contributed by atoms with Crippen molar-refractivity contribution in [2.75, 3.05) is 13.2 Å². The molecular formula is C9H14O5. The summed E-state index contributed by atoms with van der Waals surface area (Å²) in [5, 5.41) is 9.11. The molecular weight excluding hydrogens is 188 g/mol. The van der Waals surface area contributed by atoms with E-state index < -0.39 is 17.7 Å². The molecule has 3 fully saturated rings. The van der Waals surface area contributed by atoms with Gasteiger partial charge in [0.1, 0.15) is 12.2 Å². The van der Waals surface area contributed by atoms with E-state index in [2.05, 4.69) is 0 Å². The van der Waals surface area contributed by atoms with Gasteiger partial charge in [0.2, 0.25) is 0 Å². The van der Waals surface area contributed by atoms with E-state index in [-0.39, 0.29) is 18.8 Å². The van der Waals surface area contributed by atoms with E-state index in [9.17, 15) is 0 Å². The van der Waals surface area contributed by atoms with E-state index in [0.29, 0.717) is 6.61 Å². The molecule has 0 aliphatic carbocycles. The first-order valence-corrected chi connectivity index (χ1v) is 4.83. The minimum Gasteiger partial charge on any atom is -0.394 e. The monoisotopic (exact) mass is 202 g/mol. The van der Waals surface area contributed by atoms with Gasteiger partial charge in [-0.1, -0.05) is 0 Å². The molecule has 0 saturated carbocycles. The molecule has 0 aromatic carbocycles. The van der Waals surface area contributed by atoms with E-state index in [1.54, 1.807) is 0 Å². The number of rotatable bonds is 1. The predicted molar refractivity (Wildman–Crippen MR) is 44.5 cm³/mol. The quantitative estimate of drug-likeness (QED) is 0.587. The van der Waals surface area contributed by atoms with Crippen LogP contribution in [0.4, 0.5) is 0 Å². The van der Waals surface area contributed by atoms with Crippen LogP contribution in [0.5, 0.6) is 0 Å². The zero-order valence-electron chi connectivity index (χ0n) is 8.23. The summed E-state index contributed by atoms with van der Waals surface area (Å²) in [6.07, 6.45) is -0.909. The minimum atomic E-state index is -0.616. The molecule has 0 aromatic heterocycles. The second kappa shape index (κ2) is 2.48. The molecule has 5 nitrogen and oxygen atoms in total. The Balaban J connectivity index is 1.85. The van der Waals surface area contributed by atoms with Gasteiger partial charge < -0.3 is 24.1 Å². The van der Waals surface area contributed by atoms with Gasteiger partial charge in [0, 0.05) is 0 Å². The Morgan fingerprint density at radius 2 is 2.07 bits per heavy atom. The first kappa shape index (κ1) is 9.06. The van der Waals surface area contributed by atoms with Gasteiger partial charge in [0.25, 0.3) is 0 Å². The van der Waals surface area contributed by atoms with Crippen molar-refractivity contribution in [2.24, 2.45) is 0 Å². The van der Waals surface area contributed by atoms with Crippen molar-refractivity contribution in [1.29, 1.82) is 0 Å². The van der Waals surface area contributed by atoms with Crippen molar-refractivity contribution in [3.63, 3.8) is 0 Å². The maximum Gasteiger partial charge on any atom is 0.190 e. The average molecular weight is 202 g/mol. The average Bonchev–Trinajstić information content (AvgIpc) is 2.77. The third-order valence-corrected chi connectivity index (χ3v) is 3.03. The Hall–Kier alpha value is -0.200. The molecule has 5 heteroatoms. The Bertz CT molecular complexity index is 260. The van der Waals surface area contributed by atoms with Crippen molar-refractivity contribution >= 4 is 0 Å². The van der Waals surface area contributed by atoms with Crippen LogP contribution in [0.2, 0.25) is 0 Å². The van der Waals surface area contributed by atoms with Gasteiger partial charge in [-0.25, -0.2) is 0 Å². The summed E-state index contributed by atoms with van der Waals surface area (Å²) in [6, 6.07) is 0. The third-order valence-electron chi connectivity index (χ3n) is 3.03. The highest BCUT2D eigenvalue weighted by Gasteiger charge is 2.71. The van der Waals surface area contributed by atoms with Gasteiger partial charge in [-0.2, -0.15) is 0 Å². The third kappa shape index (κ3) is 1.02. The number of epoxide rings is 1. The SMILES string of the molecule is CC1(C)OC2O[C@H](CO)[C@@]3(CO3)[C@H]2O1. The lowest BCUT2D eigenvalue weighted by molar-refractivity contribution is -0.214. The number of aliphatic hydroxyl groups is 1. The fourth-order valence-corrected chi connectivity index (χ4v) is 2.25. The molecule has 80 valence electrons. The highest BCUT2D eigenvalue weighted by atomic mass is 16.9. The molecule has 3 heterocycles. The zero-order chi connectivity index (χ0) is 9.97. The van der Waals surface area contributed by atoms with Crippen molar-refractivity contribution in [3.05, 3.63) is 0 Å². The van der Waals surface area contributed by atoms with Crippen molar-refractivity contribution in [2.45, 2.75) is 43.7 Å². The second-order valence-electron chi connectivity index (χ2n) is 4.48. The molecule has 1 unspecified atom stereocenters. The van der Waals surface area contributed by atoms with E-state index in [0.717, 1.165) is 0 Å². The van der Waals surface area contributed by atoms with E-state index in [4.69, 9.17) is 24.1 Å². The molecule has 3 aliphatic heterocycles. The fraction of sp³-hybridized carbons (Fsp3) is 1.00. The van der Waals surface area contributed by atoms with Gasteiger partial charge in [0.05, 0.1) is 13.2 Å². The first-order chi connectivity index (χ1) is 6.57. The summed E-state index contributed by atoms with van der Waals surface area (Å²) in [6.45, 7) is 4.22. The van der Waals surface area contributed by atoms with Crippen LogP contribution in [0.3, 0.4) is 0 Å². The van der Waals surface area contributed by atoms with Crippen LogP contribution in [0.15, 0.2) is 0 Å². The normalized spacial score (nSPS) is 53.8. The maximum absolute atomic E-state index is 9.11. The zero-order valence-corrected chi connectivity index (χ0v) is 8.23. The Labute approximate surface area is 81.9 Å². The van der Waals surface area contributed by atoms with Crippen molar-refractivity contribution in [3.8, 4) is 0 Å². The highest BCUT2D eigenvalue weighted by molar-refractivity contribution is 5.13. The number of hydrogen-bond donors (Lipinski definition) is 1. The molecule has 4 atom stereocenters. The summed E-state index contributed by atoms with van der Waals surface area (Å²) in [4.78, 5) is 0. The molecule has 3 rings (SSSR count). The molecule has 3 aliphatic rings. The molecule has 0 radical (unpaired) electrons. The van der Waals surface area contributed by atoms with Gasteiger partial charge >= 0.3 is 0 Å². The van der Waals surface area contributed by atoms with Gasteiger partial charge in [0.15, 0.2) is 17.7 Å². The van der Waals surface area contributed by atoms with Crippen LogP contribution >= 0.6 is 0 Å². The van der Waals surface area contributed by atoms with Gasteiger partial charge in [-0.15, -0.1) is 0 Å². The minimum absolute atomic E-state index is 0.0554. The molecule has 3 saturated heterocycles. The lowest BCUT2D eigenvalue weighted by Gasteiger charge is -2.22. The fourth-order valence-electron chi connectivity index (χ4n) is 2.25. The lowest BCUT2D eigenvalue weighted by Crippen LogP contribution is -2.39. The van der Waals surface area contributed by atoms with E-state index >= 15 is 0 Å². The Morgan fingerprint density at radius 3 is 2.64 bits per heavy atom. The van der Waals surface area contributed by atoms with Crippen LogP contribution in [-0.2, 0) is 18.9 Å². The summed E-state index contributed by atoms with van der Waals surface area (Å²) in [5.41, 5.74) is -0.451. The van der Waals surface area contributed by atoms with Gasteiger partial charge in [-0.3, -0.25) is 0 Å². The molecule has 0 bridgehead atoms. The molecule has 14 heavy (non-hydrogen) atoms. The lowest BCUT2D eigenvalue weighted by atomic mass is 10.0. The van der Waals surface area contributed by atoms with Gasteiger partial charge in [-0.05, 0) is 13.8 Å². The Morgan fingerprint density at radius 1 is 1.36 bits per heavy atom. The van der Waals surface area contributed by atoms with Crippen LogP contribution in [0, 0.1) is 0 Å². The molecule has 0 amide bonds. The summed E-state index contributed by atoms with van der Waals surface area (Å²) in [5.74, 6) is -0.616. The van der Waals surface area contributed by atoms with E-state index in [1.165, 1.54) is 0 Å². The molecule has 1 spiro atoms. The molecule has 1 N–H and O–H groups in total. The van der Waals surface area contributed by atoms with Crippen molar-refractivity contribution in [1.82, 2.24) is 0 Å². The standard InChI is InChI=1S/C9H14O5/c1-8(2)13-6-7(14-8)12-5(3-10)9(6)4-11-9/h5-7,10H,3-4H2,1-2H3/t5-,6+,7?,9+/m1/s1. The van der Waals surface area contributed by atoms with Crippen LogP contribution in [0.25, 0.3) is 0 Å². The summed E-state index contributed by atoms with van der Waals surface area (Å²) < 4.78 is 22.1. The van der Waals surface area contributed by atoms with Crippen LogP contribution < -0.4 is 0 Å². The topological polar surface area (TPSA) is 60.5 Å². The number of aliphatic hydroxyl groups excluding tert-OH is 1. The highest BCUT2D eigenvalue weighted by Crippen LogP contribution is 2.51. The summed E-state index contributed by atoms with van der Waals surface area (Å²) in [7, 11) is 0. The van der Waals surface area contributed by atoms with Crippen molar-refractivity contribution < 1.29 is 24.1 Å². The number of fused-ring (bicyclic) bond motifs is 2. The number of hydrogen-bond acceptors (Lipinski definition) is 5. The molecule has 0 aromatic rings. The smallest absolute Gasteiger partial charge is 0.190 e. The first-order valence-electron chi connectivity index (χ1n) is 4.83. The van der Waals surface area contributed by atoms with Crippen LogP contribution in [-0.4, -0.2) is 48.2 Å². The van der Waals surface area contributed by atoms with E-state index in [1.807, 2.05) is 13.8 Å². The Kier molecular flexibility index (Phi) is 1.61. The predicted octanol–water partition coefficient (Wildman–Crippen LogP) is -0.376. The summed E-state index contributed by atoms with van der Waals surface area (Å²) >= 11 is 0. The number of ether oxygens (including phenoxy) is 4.